The van der Waals surface area contributed by atoms with Gasteiger partial charge in [0, 0.05) is 13.1 Å². The minimum absolute atomic E-state index is 0.339. The minimum Gasteiger partial charge on any atom is -0.391 e. The highest BCUT2D eigenvalue weighted by Gasteiger charge is 2.44. The van der Waals surface area contributed by atoms with Gasteiger partial charge in [0.05, 0.1) is 18.2 Å². The highest BCUT2D eigenvalue weighted by atomic mass is 16.3. The highest BCUT2D eigenvalue weighted by molar-refractivity contribution is 4.96. The van der Waals surface area contributed by atoms with Gasteiger partial charge in [0.2, 0.25) is 0 Å². The van der Waals surface area contributed by atoms with Crippen LogP contribution in [-0.4, -0.2) is 57.8 Å². The smallest absolute Gasteiger partial charge is 0.101 e. The van der Waals surface area contributed by atoms with Crippen molar-refractivity contribution in [3.8, 4) is 0 Å². The molecule has 0 amide bonds. The van der Waals surface area contributed by atoms with E-state index in [1.807, 2.05) is 5.01 Å². The Bertz CT molecular complexity index is 178. The lowest BCUT2D eigenvalue weighted by Crippen LogP contribution is -2.62. The normalized spacial score (nSPS) is 49.2. The Hall–Kier alpha value is -0.200. The van der Waals surface area contributed by atoms with Crippen molar-refractivity contribution in [2.75, 3.05) is 13.1 Å². The predicted octanol–water partition coefficient (Wildman–Crippen LogP) is -2.34. The molecule has 0 aromatic rings. The van der Waals surface area contributed by atoms with Crippen LogP contribution in [-0.2, 0) is 0 Å². The van der Waals surface area contributed by atoms with Gasteiger partial charge < -0.3 is 15.3 Å². The predicted molar refractivity (Wildman–Crippen MR) is 41.1 cm³/mol. The number of fused-ring (bicyclic) bond motifs is 1. The first-order valence-corrected chi connectivity index (χ1v) is 4.24. The van der Waals surface area contributed by atoms with E-state index in [9.17, 15) is 15.3 Å². The maximum absolute atomic E-state index is 9.53. The second kappa shape index (κ2) is 2.93. The van der Waals surface area contributed by atoms with E-state index in [0.717, 1.165) is 6.54 Å². The number of aliphatic hydroxyl groups is 3. The summed E-state index contributed by atoms with van der Waals surface area (Å²) in [4.78, 5) is 0. The molecule has 5 nitrogen and oxygen atoms in total. The molecule has 4 N–H and O–H groups in total. The fourth-order valence-electron chi connectivity index (χ4n) is 1.95. The van der Waals surface area contributed by atoms with Gasteiger partial charge in [-0.05, 0) is 6.42 Å². The molecule has 0 aromatic heterocycles. The van der Waals surface area contributed by atoms with Crippen LogP contribution >= 0.6 is 0 Å². The summed E-state index contributed by atoms with van der Waals surface area (Å²) in [5.74, 6) is 0. The topological polar surface area (TPSA) is 76.0 Å². The van der Waals surface area contributed by atoms with Gasteiger partial charge in [0.1, 0.15) is 6.10 Å². The molecule has 0 radical (unpaired) electrons. The summed E-state index contributed by atoms with van der Waals surface area (Å²) in [6.45, 7) is 1.10. The van der Waals surface area contributed by atoms with E-state index in [4.69, 9.17) is 0 Å². The van der Waals surface area contributed by atoms with Crippen molar-refractivity contribution in [3.05, 3.63) is 0 Å². The zero-order chi connectivity index (χ0) is 8.72. The first kappa shape index (κ1) is 8.40. The largest absolute Gasteiger partial charge is 0.391 e. The molecular formula is C7H14N2O3. The van der Waals surface area contributed by atoms with Gasteiger partial charge in [-0.3, -0.25) is 5.43 Å². The number of nitrogens with zero attached hydrogens (tertiary/aromatic N) is 1. The summed E-state index contributed by atoms with van der Waals surface area (Å²) >= 11 is 0. The fourth-order valence-corrected chi connectivity index (χ4v) is 1.95. The summed E-state index contributed by atoms with van der Waals surface area (Å²) in [7, 11) is 0. The van der Waals surface area contributed by atoms with Gasteiger partial charge in [-0.1, -0.05) is 0 Å². The molecule has 0 saturated carbocycles. The van der Waals surface area contributed by atoms with Crippen LogP contribution in [0, 0.1) is 0 Å². The van der Waals surface area contributed by atoms with Crippen LogP contribution in [0.1, 0.15) is 6.42 Å². The maximum Gasteiger partial charge on any atom is 0.101 e. The van der Waals surface area contributed by atoms with Crippen LogP contribution in [0.2, 0.25) is 0 Å². The fraction of sp³-hybridized carbons (Fsp3) is 1.00. The average molecular weight is 174 g/mol. The van der Waals surface area contributed by atoms with Crippen molar-refractivity contribution in [1.82, 2.24) is 10.4 Å². The second-order valence-electron chi connectivity index (χ2n) is 3.46. The molecule has 0 spiro atoms. The van der Waals surface area contributed by atoms with Crippen molar-refractivity contribution in [2.45, 2.75) is 30.8 Å². The quantitative estimate of drug-likeness (QED) is 0.331. The van der Waals surface area contributed by atoms with Gasteiger partial charge in [-0.15, -0.1) is 0 Å². The SMILES string of the molecule is O[C@@H]1[C@H]2[C@H](O)CCN2NC[C@H]1O. The van der Waals surface area contributed by atoms with E-state index in [1.54, 1.807) is 0 Å². The van der Waals surface area contributed by atoms with Gasteiger partial charge in [-0.2, -0.15) is 0 Å². The van der Waals surface area contributed by atoms with E-state index >= 15 is 0 Å². The van der Waals surface area contributed by atoms with Crippen LogP contribution in [0.25, 0.3) is 0 Å². The summed E-state index contributed by atoms with van der Waals surface area (Å²) in [5, 5.41) is 30.1. The number of nitrogens with one attached hydrogen (secondary N) is 1. The van der Waals surface area contributed by atoms with Crippen molar-refractivity contribution < 1.29 is 15.3 Å². The second-order valence-corrected chi connectivity index (χ2v) is 3.46. The lowest BCUT2D eigenvalue weighted by molar-refractivity contribution is -0.102. The van der Waals surface area contributed by atoms with E-state index in [0.29, 0.717) is 13.0 Å². The number of hydrogen-bond donors (Lipinski definition) is 4. The molecule has 5 heteroatoms. The molecular weight excluding hydrogens is 160 g/mol. The molecule has 2 saturated heterocycles. The number of hydrogen-bond acceptors (Lipinski definition) is 5. The Morgan fingerprint density at radius 3 is 2.67 bits per heavy atom. The third-order valence-corrected chi connectivity index (χ3v) is 2.67. The van der Waals surface area contributed by atoms with Crippen molar-refractivity contribution in [2.24, 2.45) is 0 Å². The van der Waals surface area contributed by atoms with Gasteiger partial charge in [0.25, 0.3) is 0 Å². The summed E-state index contributed by atoms with van der Waals surface area (Å²) in [5.41, 5.74) is 2.95. The zero-order valence-corrected chi connectivity index (χ0v) is 6.72. The zero-order valence-electron chi connectivity index (χ0n) is 6.72. The molecule has 0 aromatic carbocycles. The molecule has 0 aliphatic carbocycles. The molecule has 2 heterocycles. The number of hydrazine groups is 1. The van der Waals surface area contributed by atoms with Crippen LogP contribution in [0.5, 0.6) is 0 Å². The standard InChI is InChI=1S/C7H14N2O3/c10-4-1-2-9-6(4)7(12)5(11)3-8-9/h4-8,10-12H,1-3H2/t4-,5-,6-,7+/m1/s1. The van der Waals surface area contributed by atoms with Crippen molar-refractivity contribution in [3.63, 3.8) is 0 Å². The van der Waals surface area contributed by atoms with Crippen LogP contribution in [0.15, 0.2) is 0 Å². The first-order valence-electron chi connectivity index (χ1n) is 4.24. The molecule has 70 valence electrons. The minimum atomic E-state index is -0.830. The monoisotopic (exact) mass is 174 g/mol. The molecule has 0 unspecified atom stereocenters. The third-order valence-electron chi connectivity index (χ3n) is 2.67. The Morgan fingerprint density at radius 2 is 1.92 bits per heavy atom. The van der Waals surface area contributed by atoms with E-state index < -0.39 is 18.3 Å². The Kier molecular flexibility index (Phi) is 2.05. The van der Waals surface area contributed by atoms with Gasteiger partial charge in [0.15, 0.2) is 0 Å². The first-order chi connectivity index (χ1) is 5.70. The van der Waals surface area contributed by atoms with E-state index in [1.165, 1.54) is 0 Å². The molecule has 12 heavy (non-hydrogen) atoms. The Balaban J connectivity index is 2.11. The average Bonchev–Trinajstić information content (AvgIpc) is 2.41. The Morgan fingerprint density at radius 1 is 1.17 bits per heavy atom. The third kappa shape index (κ3) is 1.14. The van der Waals surface area contributed by atoms with Crippen LogP contribution in [0.3, 0.4) is 0 Å². The van der Waals surface area contributed by atoms with Crippen LogP contribution < -0.4 is 5.43 Å². The van der Waals surface area contributed by atoms with E-state index in [-0.39, 0.29) is 6.04 Å². The molecule has 2 aliphatic rings. The summed E-state index contributed by atoms with van der Waals surface area (Å²) in [6, 6.07) is -0.339. The van der Waals surface area contributed by atoms with Crippen LogP contribution in [0.4, 0.5) is 0 Å². The number of β-amino-alcohol motifs (C(OH)–C–C–N with tert-alkyl or cyclic N) is 1. The van der Waals surface area contributed by atoms with Gasteiger partial charge >= 0.3 is 0 Å². The summed E-state index contributed by atoms with van der Waals surface area (Å²) < 4.78 is 0. The van der Waals surface area contributed by atoms with Crippen molar-refractivity contribution in [1.29, 1.82) is 0 Å². The number of aliphatic hydroxyl groups excluding tert-OH is 3. The molecule has 0 bridgehead atoms. The lowest BCUT2D eigenvalue weighted by atomic mass is 10.00. The lowest BCUT2D eigenvalue weighted by Gasteiger charge is -2.38. The molecule has 2 rings (SSSR count). The van der Waals surface area contributed by atoms with Crippen molar-refractivity contribution >= 4 is 0 Å². The highest BCUT2D eigenvalue weighted by Crippen LogP contribution is 2.23. The molecule has 2 fully saturated rings. The van der Waals surface area contributed by atoms with E-state index in [2.05, 4.69) is 5.43 Å². The molecule has 4 atom stereocenters. The Labute approximate surface area is 70.6 Å². The molecule has 2 aliphatic heterocycles. The van der Waals surface area contributed by atoms with Gasteiger partial charge in [-0.25, -0.2) is 5.01 Å². The maximum atomic E-state index is 9.53. The number of rotatable bonds is 0. The summed E-state index contributed by atoms with van der Waals surface area (Å²) in [6.07, 6.45) is -1.47.